The highest BCUT2D eigenvalue weighted by atomic mass is 16.3. The van der Waals surface area contributed by atoms with Crippen LogP contribution >= 0.6 is 0 Å². The van der Waals surface area contributed by atoms with Gasteiger partial charge in [-0.15, -0.1) is 6.42 Å². The third-order valence-corrected chi connectivity index (χ3v) is 13.4. The van der Waals surface area contributed by atoms with Crippen molar-refractivity contribution in [2.75, 3.05) is 39.3 Å². The van der Waals surface area contributed by atoms with Gasteiger partial charge in [0.2, 0.25) is 5.91 Å². The van der Waals surface area contributed by atoms with E-state index < -0.39 is 5.60 Å². The number of nitrogens with zero attached hydrogens (tertiary/aromatic N) is 4. The number of aliphatic hydroxyl groups is 1. The van der Waals surface area contributed by atoms with Gasteiger partial charge in [0.15, 0.2) is 5.78 Å². The molecule has 1 aromatic carbocycles. The van der Waals surface area contributed by atoms with E-state index >= 15 is 0 Å². The summed E-state index contributed by atoms with van der Waals surface area (Å²) in [6.07, 6.45) is 15.3. The maximum Gasteiger partial charge on any atom is 0.272 e. The Kier molecular flexibility index (Phi) is 8.43. The molecule has 2 aromatic rings. The van der Waals surface area contributed by atoms with Gasteiger partial charge in [-0.05, 0) is 86.2 Å². The van der Waals surface area contributed by atoms with Crippen LogP contribution in [0.2, 0.25) is 0 Å². The second-order valence-corrected chi connectivity index (χ2v) is 15.7. The van der Waals surface area contributed by atoms with Gasteiger partial charge >= 0.3 is 0 Å². The molecule has 1 aromatic heterocycles. The summed E-state index contributed by atoms with van der Waals surface area (Å²) >= 11 is 0. The Morgan fingerprint density at radius 2 is 1.77 bits per heavy atom. The highest BCUT2D eigenvalue weighted by molar-refractivity contribution is 5.97. The van der Waals surface area contributed by atoms with Crippen molar-refractivity contribution >= 4 is 28.5 Å². The van der Waals surface area contributed by atoms with E-state index in [4.69, 9.17) is 6.42 Å². The smallest absolute Gasteiger partial charge is 0.272 e. The molecule has 3 unspecified atom stereocenters. The highest BCUT2D eigenvalue weighted by Crippen LogP contribution is 2.67. The molecular formula is C40H50N4O4. The fourth-order valence-electron chi connectivity index (χ4n) is 10.6. The quantitative estimate of drug-likeness (QED) is 0.426. The molecule has 2 amide bonds. The summed E-state index contributed by atoms with van der Waals surface area (Å²) in [7, 11) is 0. The number of para-hydroxylation sites is 1. The summed E-state index contributed by atoms with van der Waals surface area (Å²) in [6, 6.07) is 11.3. The Morgan fingerprint density at radius 1 is 1.02 bits per heavy atom. The molecule has 4 fully saturated rings. The van der Waals surface area contributed by atoms with Crippen LogP contribution in [0.4, 0.5) is 0 Å². The molecular weight excluding hydrogens is 600 g/mol. The minimum Gasteiger partial charge on any atom is -0.377 e. The van der Waals surface area contributed by atoms with Crippen LogP contribution in [0.1, 0.15) is 82.6 Å². The second kappa shape index (κ2) is 12.3. The van der Waals surface area contributed by atoms with Crippen molar-refractivity contribution in [3.05, 3.63) is 53.9 Å². The van der Waals surface area contributed by atoms with E-state index in [2.05, 4.69) is 35.7 Å². The molecule has 3 saturated carbocycles. The van der Waals surface area contributed by atoms with E-state index in [0.29, 0.717) is 74.9 Å². The van der Waals surface area contributed by atoms with Crippen molar-refractivity contribution in [2.24, 2.45) is 34.5 Å². The minimum atomic E-state index is -1.02. The fourth-order valence-corrected chi connectivity index (χ4v) is 10.6. The molecule has 8 heteroatoms. The number of rotatable bonds is 6. The topological polar surface area (TPSA) is 94.0 Å². The summed E-state index contributed by atoms with van der Waals surface area (Å²) in [5.41, 5.74) is 0.599. The maximum atomic E-state index is 13.6. The van der Waals surface area contributed by atoms with Crippen LogP contribution < -0.4 is 0 Å². The summed E-state index contributed by atoms with van der Waals surface area (Å²) in [5, 5.41) is 12.4. The Morgan fingerprint density at radius 3 is 2.52 bits per heavy atom. The van der Waals surface area contributed by atoms with E-state index in [-0.39, 0.29) is 35.0 Å². The van der Waals surface area contributed by atoms with E-state index in [1.807, 2.05) is 42.2 Å². The second-order valence-electron chi connectivity index (χ2n) is 15.7. The third-order valence-electron chi connectivity index (χ3n) is 13.4. The van der Waals surface area contributed by atoms with Crippen molar-refractivity contribution in [2.45, 2.75) is 77.7 Å². The zero-order valence-electron chi connectivity index (χ0n) is 28.8. The molecule has 7 rings (SSSR count). The van der Waals surface area contributed by atoms with Crippen molar-refractivity contribution in [1.29, 1.82) is 0 Å². The molecule has 2 heterocycles. The summed E-state index contributed by atoms with van der Waals surface area (Å²) in [5.74, 6) is 4.44. The summed E-state index contributed by atoms with van der Waals surface area (Å²) in [4.78, 5) is 50.9. The van der Waals surface area contributed by atoms with Gasteiger partial charge in [0, 0.05) is 49.9 Å². The van der Waals surface area contributed by atoms with Crippen LogP contribution in [0.3, 0.4) is 0 Å². The van der Waals surface area contributed by atoms with Gasteiger partial charge < -0.3 is 19.8 Å². The number of Topliss-reactive ketones (excluding diaryl/α,β-unsaturated/α-hetero) is 1. The van der Waals surface area contributed by atoms with E-state index in [1.165, 1.54) is 0 Å². The number of benzene rings is 1. The Labute approximate surface area is 284 Å². The van der Waals surface area contributed by atoms with E-state index in [0.717, 1.165) is 55.1 Å². The monoisotopic (exact) mass is 650 g/mol. The standard InChI is InChI=1S/C40H50N4O4/c1-5-19-44(37(47)33-14-11-27-9-7-8-10-32(27)41-33)26-36(46)43-22-20-42(21-23-43)34-25-38(3)28(24-35(34)45)12-13-29-30(38)15-17-39(4)31(29)16-18-40(39,48)6-2/h2,7-11,14,25,28-31,48H,5,12-13,15-24,26H2,1,3-4H3/t28?,29-,30?,31?,38+,39+,40+/m1/s1. The molecule has 4 aliphatic carbocycles. The maximum absolute atomic E-state index is 13.6. The Bertz CT molecular complexity index is 1690. The number of hydrogen-bond acceptors (Lipinski definition) is 6. The number of carbonyl (C=O) groups is 3. The predicted octanol–water partition coefficient (Wildman–Crippen LogP) is 5.31. The number of ketones is 1. The van der Waals surface area contributed by atoms with Crippen molar-refractivity contribution in [3.63, 3.8) is 0 Å². The van der Waals surface area contributed by atoms with Crippen molar-refractivity contribution in [3.8, 4) is 12.3 Å². The normalized spacial score (nSPS) is 34.5. The summed E-state index contributed by atoms with van der Waals surface area (Å²) < 4.78 is 0. The lowest BCUT2D eigenvalue weighted by molar-refractivity contribution is -0.134. The van der Waals surface area contributed by atoms with Gasteiger partial charge in [-0.2, -0.15) is 0 Å². The minimum absolute atomic E-state index is 0.0144. The number of hydrogen-bond donors (Lipinski definition) is 1. The number of allylic oxidation sites excluding steroid dienone is 2. The molecule has 48 heavy (non-hydrogen) atoms. The zero-order valence-corrected chi connectivity index (χ0v) is 28.8. The van der Waals surface area contributed by atoms with Crippen molar-refractivity contribution in [1.82, 2.24) is 19.7 Å². The van der Waals surface area contributed by atoms with Crippen LogP contribution in [0.5, 0.6) is 0 Å². The largest absolute Gasteiger partial charge is 0.377 e. The first kappa shape index (κ1) is 32.8. The van der Waals surface area contributed by atoms with Crippen LogP contribution in [0.15, 0.2) is 48.2 Å². The van der Waals surface area contributed by atoms with Crippen LogP contribution in [0.25, 0.3) is 10.9 Å². The molecule has 0 spiro atoms. The van der Waals surface area contributed by atoms with Gasteiger partial charge in [0.05, 0.1) is 11.2 Å². The average Bonchev–Trinajstić information content (AvgIpc) is 3.38. The number of carbonyl (C=O) groups excluding carboxylic acids is 3. The SMILES string of the molecule is C#C[C@]1(O)CCC2[C@@H]3CCC4CC(=O)C(N5CCN(C(=O)CN(CCC)C(=O)c6ccc7ccccc7n6)CC5)=C[C@]4(C)C3CC[C@@]21C. The Hall–Kier alpha value is -3.70. The van der Waals surface area contributed by atoms with Crippen LogP contribution in [0, 0.1) is 46.8 Å². The molecule has 0 radical (unpaired) electrons. The van der Waals surface area contributed by atoms with Crippen LogP contribution in [-0.2, 0) is 9.59 Å². The first-order valence-corrected chi connectivity index (χ1v) is 18.2. The lowest BCUT2D eigenvalue weighted by atomic mass is 9.45. The number of terminal acetylenes is 1. The highest BCUT2D eigenvalue weighted by Gasteiger charge is 2.64. The number of piperazine rings is 1. The van der Waals surface area contributed by atoms with E-state index in [1.54, 1.807) is 11.0 Å². The lowest BCUT2D eigenvalue weighted by Crippen LogP contribution is -2.57. The van der Waals surface area contributed by atoms with Gasteiger partial charge in [-0.25, -0.2) is 4.98 Å². The molecule has 1 N–H and O–H groups in total. The Balaban J connectivity index is 1.02. The zero-order chi connectivity index (χ0) is 33.8. The van der Waals surface area contributed by atoms with Crippen molar-refractivity contribution < 1.29 is 19.5 Å². The van der Waals surface area contributed by atoms with Gasteiger partial charge in [-0.1, -0.05) is 57.0 Å². The number of pyridine rings is 1. The number of amides is 2. The molecule has 8 nitrogen and oxygen atoms in total. The van der Waals surface area contributed by atoms with Gasteiger partial charge in [-0.3, -0.25) is 14.4 Å². The lowest BCUT2D eigenvalue weighted by Gasteiger charge is -2.60. The van der Waals surface area contributed by atoms with Gasteiger partial charge in [0.1, 0.15) is 17.8 Å². The molecule has 1 saturated heterocycles. The predicted molar refractivity (Wildman–Crippen MR) is 185 cm³/mol. The molecule has 0 bridgehead atoms. The molecule has 7 atom stereocenters. The van der Waals surface area contributed by atoms with Gasteiger partial charge in [0.25, 0.3) is 5.91 Å². The third kappa shape index (κ3) is 5.24. The first-order chi connectivity index (χ1) is 23.0. The van der Waals surface area contributed by atoms with Crippen LogP contribution in [-0.4, -0.2) is 87.3 Å². The molecule has 254 valence electrons. The number of fused-ring (bicyclic) bond motifs is 6. The number of aromatic nitrogens is 1. The molecule has 5 aliphatic rings. The summed E-state index contributed by atoms with van der Waals surface area (Å²) in [6.45, 7) is 9.33. The fraction of sp³-hybridized carbons (Fsp3) is 0.600. The first-order valence-electron chi connectivity index (χ1n) is 18.2. The average molecular weight is 651 g/mol. The van der Waals surface area contributed by atoms with E-state index in [9.17, 15) is 19.5 Å². The molecule has 1 aliphatic heterocycles.